The smallest absolute Gasteiger partial charge is 0.332 e. The van der Waals surface area contributed by atoms with Crippen molar-refractivity contribution in [3.8, 4) is 0 Å². The Hall–Kier alpha value is -4.67. The number of carbonyl (C=O) groups excluding carboxylic acids is 1. The number of carbonyl (C=O) groups is 1. The van der Waals surface area contributed by atoms with Crippen LogP contribution in [0.5, 0.6) is 0 Å². The molecule has 204 valence electrons. The first-order chi connectivity index (χ1) is 19.3. The maximum Gasteiger partial charge on any atom is 0.332 e. The second-order valence-electron chi connectivity index (χ2n) is 8.67. The minimum absolute atomic E-state index is 0.0630. The largest absolute Gasteiger partial charge is 0.464 e. The summed E-state index contributed by atoms with van der Waals surface area (Å²) in [4.78, 5) is 28.6. The Labute approximate surface area is 232 Å². The molecule has 0 aromatic heterocycles. The van der Waals surface area contributed by atoms with Crippen molar-refractivity contribution in [2.45, 2.75) is 23.9 Å². The van der Waals surface area contributed by atoms with Crippen molar-refractivity contribution < 1.29 is 22.9 Å². The lowest BCUT2D eigenvalue weighted by atomic mass is 9.98. The van der Waals surface area contributed by atoms with Crippen LogP contribution in [0.1, 0.15) is 29.7 Å². The molecule has 9 nitrogen and oxygen atoms in total. The summed E-state index contributed by atoms with van der Waals surface area (Å²) >= 11 is 0. The first-order valence-electron chi connectivity index (χ1n) is 12.5. The monoisotopic (exact) mass is 557 g/mol. The lowest BCUT2D eigenvalue weighted by Gasteiger charge is -2.25. The van der Waals surface area contributed by atoms with E-state index in [1.165, 1.54) is 0 Å². The summed E-state index contributed by atoms with van der Waals surface area (Å²) in [5.74, 6) is -0.716. The number of non-ortho nitro benzene ring substituents is 1. The zero-order valence-corrected chi connectivity index (χ0v) is 22.4. The molecular weight excluding hydrogens is 530 g/mol. The average molecular weight is 558 g/mol. The molecule has 0 aliphatic rings. The highest BCUT2D eigenvalue weighted by Gasteiger charge is 2.35. The number of hydrogen-bond donors (Lipinski definition) is 1. The van der Waals surface area contributed by atoms with Gasteiger partial charge < -0.3 is 4.74 Å². The van der Waals surface area contributed by atoms with Gasteiger partial charge in [-0.05, 0) is 24.6 Å². The molecule has 0 spiro atoms. The number of ether oxygens (including phenoxy) is 1. The van der Waals surface area contributed by atoms with Gasteiger partial charge in [-0.1, -0.05) is 91.0 Å². The van der Waals surface area contributed by atoms with E-state index in [9.17, 15) is 23.3 Å². The maximum absolute atomic E-state index is 13.5. The summed E-state index contributed by atoms with van der Waals surface area (Å²) in [7, 11) is -4.26. The summed E-state index contributed by atoms with van der Waals surface area (Å²) < 4.78 is 35.1. The Morgan fingerprint density at radius 3 is 1.82 bits per heavy atom. The van der Waals surface area contributed by atoms with Crippen LogP contribution >= 0.6 is 0 Å². The van der Waals surface area contributed by atoms with E-state index in [-0.39, 0.29) is 17.2 Å². The standard InChI is InChI=1S/C30H27N3O6S/c1-2-39-30(34)29(31-27(22-12-6-3-7-13-22)23-14-8-4-9-15-23)28(24-16-10-5-11-17-24)32-40(37,38)26-20-18-25(19-21-26)33(35)36/h3-21,28-29,32H,2H2,1H3/t28-,29+/m1/s1. The van der Waals surface area contributed by atoms with Crippen LogP contribution in [-0.4, -0.2) is 37.7 Å². The van der Waals surface area contributed by atoms with Gasteiger partial charge in [0.2, 0.25) is 10.0 Å². The predicted molar refractivity (Wildman–Crippen MR) is 152 cm³/mol. The molecule has 0 unspecified atom stereocenters. The third-order valence-corrected chi connectivity index (χ3v) is 7.46. The van der Waals surface area contributed by atoms with Gasteiger partial charge in [0.05, 0.1) is 28.2 Å². The number of hydrogen-bond acceptors (Lipinski definition) is 7. The van der Waals surface area contributed by atoms with Gasteiger partial charge in [-0.15, -0.1) is 0 Å². The Morgan fingerprint density at radius 2 is 1.35 bits per heavy atom. The lowest BCUT2D eigenvalue weighted by molar-refractivity contribution is -0.384. The van der Waals surface area contributed by atoms with Crippen LogP contribution in [0.2, 0.25) is 0 Å². The Kier molecular flexibility index (Phi) is 9.15. The van der Waals surface area contributed by atoms with E-state index < -0.39 is 33.0 Å². The molecule has 40 heavy (non-hydrogen) atoms. The molecule has 2 atom stereocenters. The minimum atomic E-state index is -4.26. The third-order valence-electron chi connectivity index (χ3n) is 6.01. The molecule has 0 heterocycles. The summed E-state index contributed by atoms with van der Waals surface area (Å²) in [6.07, 6.45) is 0. The van der Waals surface area contributed by atoms with Gasteiger partial charge in [0.1, 0.15) is 0 Å². The van der Waals surface area contributed by atoms with Crippen molar-refractivity contribution in [2.75, 3.05) is 6.61 Å². The number of benzene rings is 4. The minimum Gasteiger partial charge on any atom is -0.464 e. The van der Waals surface area contributed by atoms with Crippen LogP contribution in [-0.2, 0) is 19.6 Å². The van der Waals surface area contributed by atoms with Crippen molar-refractivity contribution >= 4 is 27.4 Å². The molecule has 0 aliphatic heterocycles. The first-order valence-corrected chi connectivity index (χ1v) is 14.0. The van der Waals surface area contributed by atoms with Crippen molar-refractivity contribution in [3.63, 3.8) is 0 Å². The first kappa shape index (κ1) is 28.3. The molecule has 0 aliphatic carbocycles. The number of nitro benzene ring substituents is 1. The van der Waals surface area contributed by atoms with Crippen molar-refractivity contribution in [2.24, 2.45) is 4.99 Å². The van der Waals surface area contributed by atoms with E-state index in [1.807, 2.05) is 60.7 Å². The van der Waals surface area contributed by atoms with Gasteiger partial charge in [-0.3, -0.25) is 15.1 Å². The van der Waals surface area contributed by atoms with Crippen LogP contribution < -0.4 is 4.72 Å². The van der Waals surface area contributed by atoms with Gasteiger partial charge in [0.15, 0.2) is 6.04 Å². The second kappa shape index (κ2) is 12.9. The van der Waals surface area contributed by atoms with Crippen LogP contribution in [0, 0.1) is 10.1 Å². The van der Waals surface area contributed by atoms with Gasteiger partial charge >= 0.3 is 5.97 Å². The van der Waals surface area contributed by atoms with Crippen LogP contribution in [0.4, 0.5) is 5.69 Å². The van der Waals surface area contributed by atoms with Crippen LogP contribution in [0.15, 0.2) is 125 Å². The quantitative estimate of drug-likeness (QED) is 0.119. The highest BCUT2D eigenvalue weighted by molar-refractivity contribution is 7.89. The Morgan fingerprint density at radius 1 is 0.850 bits per heavy atom. The molecule has 0 radical (unpaired) electrons. The lowest BCUT2D eigenvalue weighted by Crippen LogP contribution is -2.41. The summed E-state index contributed by atoms with van der Waals surface area (Å²) in [5.41, 5.74) is 2.17. The fourth-order valence-corrected chi connectivity index (χ4v) is 5.32. The molecule has 4 aromatic rings. The molecular formula is C30H27N3O6S. The number of nitrogens with one attached hydrogen (secondary N) is 1. The number of nitro groups is 1. The molecule has 4 rings (SSSR count). The Balaban J connectivity index is 1.87. The van der Waals surface area contributed by atoms with E-state index in [0.29, 0.717) is 11.3 Å². The predicted octanol–water partition coefficient (Wildman–Crippen LogP) is 5.08. The van der Waals surface area contributed by atoms with E-state index in [4.69, 9.17) is 9.73 Å². The van der Waals surface area contributed by atoms with Crippen LogP contribution in [0.3, 0.4) is 0 Å². The number of nitrogens with zero attached hydrogens (tertiary/aromatic N) is 2. The maximum atomic E-state index is 13.5. The molecule has 0 bridgehead atoms. The highest BCUT2D eigenvalue weighted by Crippen LogP contribution is 2.26. The topological polar surface area (TPSA) is 128 Å². The van der Waals surface area contributed by atoms with Crippen molar-refractivity contribution in [1.29, 1.82) is 0 Å². The van der Waals surface area contributed by atoms with Gasteiger partial charge in [0.25, 0.3) is 5.69 Å². The third kappa shape index (κ3) is 6.85. The summed E-state index contributed by atoms with van der Waals surface area (Å²) in [5, 5.41) is 11.1. The summed E-state index contributed by atoms with van der Waals surface area (Å²) in [6, 6.07) is 29.1. The van der Waals surface area contributed by atoms with E-state index >= 15 is 0 Å². The van der Waals surface area contributed by atoms with Gasteiger partial charge in [-0.2, -0.15) is 0 Å². The van der Waals surface area contributed by atoms with Crippen molar-refractivity contribution in [1.82, 2.24) is 4.72 Å². The number of rotatable bonds is 11. The van der Waals surface area contributed by atoms with Crippen LogP contribution in [0.25, 0.3) is 0 Å². The molecule has 0 saturated heterocycles. The molecule has 4 aromatic carbocycles. The van der Waals surface area contributed by atoms with E-state index in [0.717, 1.165) is 35.4 Å². The molecule has 1 N–H and O–H groups in total. The molecule has 0 saturated carbocycles. The zero-order chi connectivity index (χ0) is 28.5. The second-order valence-corrected chi connectivity index (χ2v) is 10.4. The highest BCUT2D eigenvalue weighted by atomic mass is 32.2. The fraction of sp³-hybridized carbons (Fsp3) is 0.133. The fourth-order valence-electron chi connectivity index (χ4n) is 4.10. The molecule has 0 amide bonds. The van der Waals surface area contributed by atoms with Crippen molar-refractivity contribution in [3.05, 3.63) is 142 Å². The SMILES string of the molecule is CCOC(=O)[C@@H](N=C(c1ccccc1)c1ccccc1)[C@H](NS(=O)(=O)c1ccc([N+](=O)[O-])cc1)c1ccccc1. The molecule has 10 heteroatoms. The number of sulfonamides is 1. The average Bonchev–Trinajstić information content (AvgIpc) is 2.98. The normalized spacial score (nSPS) is 12.6. The molecule has 0 fully saturated rings. The zero-order valence-electron chi connectivity index (χ0n) is 21.6. The van der Waals surface area contributed by atoms with E-state index in [1.54, 1.807) is 37.3 Å². The van der Waals surface area contributed by atoms with Gasteiger partial charge in [0, 0.05) is 23.3 Å². The Bertz CT molecular complexity index is 1540. The number of aliphatic imine (C=N–C) groups is 1. The van der Waals surface area contributed by atoms with E-state index in [2.05, 4.69) is 4.72 Å². The van der Waals surface area contributed by atoms with Gasteiger partial charge in [-0.25, -0.2) is 17.9 Å². The number of esters is 1. The summed E-state index contributed by atoms with van der Waals surface area (Å²) in [6.45, 7) is 1.72.